The van der Waals surface area contributed by atoms with Gasteiger partial charge in [0.2, 0.25) is 0 Å². The van der Waals surface area contributed by atoms with Gasteiger partial charge in [0.1, 0.15) is 5.75 Å². The minimum absolute atomic E-state index is 0.0391. The second-order valence-corrected chi connectivity index (χ2v) is 7.47. The van der Waals surface area contributed by atoms with Gasteiger partial charge in [-0.25, -0.2) is 8.42 Å². The number of rotatable bonds is 5. The maximum Gasteiger partial charge on any atom is 0.262 e. The summed E-state index contributed by atoms with van der Waals surface area (Å²) in [5.41, 5.74) is 1.92. The molecule has 0 fully saturated rings. The van der Waals surface area contributed by atoms with Crippen LogP contribution in [0.15, 0.2) is 77.7 Å². The van der Waals surface area contributed by atoms with Crippen LogP contribution in [-0.2, 0) is 10.0 Å². The summed E-state index contributed by atoms with van der Waals surface area (Å²) >= 11 is 0. The molecule has 3 aromatic carbocycles. The van der Waals surface area contributed by atoms with E-state index in [-0.39, 0.29) is 22.1 Å². The summed E-state index contributed by atoms with van der Waals surface area (Å²) in [6, 6.07) is 20.0. The summed E-state index contributed by atoms with van der Waals surface area (Å²) in [6.07, 6.45) is 0. The van der Waals surface area contributed by atoms with Crippen LogP contribution in [0.2, 0.25) is 0 Å². The van der Waals surface area contributed by atoms with Crippen LogP contribution < -0.4 is 4.72 Å². The predicted octanol–water partition coefficient (Wildman–Crippen LogP) is 4.06. The van der Waals surface area contributed by atoms with E-state index < -0.39 is 10.0 Å². The first-order valence-corrected chi connectivity index (χ1v) is 9.37. The Morgan fingerprint density at radius 2 is 1.58 bits per heavy atom. The molecule has 5 nitrogen and oxygen atoms in total. The lowest BCUT2D eigenvalue weighted by Crippen LogP contribution is -2.13. The number of anilines is 1. The van der Waals surface area contributed by atoms with Crippen LogP contribution in [0, 0.1) is 0 Å². The summed E-state index contributed by atoms with van der Waals surface area (Å²) in [7, 11) is -3.93. The third kappa shape index (κ3) is 3.75. The van der Waals surface area contributed by atoms with Gasteiger partial charge in [0.05, 0.1) is 10.6 Å². The first kappa shape index (κ1) is 17.7. The Kier molecular flexibility index (Phi) is 4.77. The molecule has 3 rings (SSSR count). The van der Waals surface area contributed by atoms with Gasteiger partial charge in [-0.05, 0) is 48.4 Å². The highest BCUT2D eigenvalue weighted by Crippen LogP contribution is 2.28. The van der Waals surface area contributed by atoms with E-state index >= 15 is 0 Å². The van der Waals surface area contributed by atoms with Crippen molar-refractivity contribution < 1.29 is 18.3 Å². The Balaban J connectivity index is 1.97. The molecule has 0 bridgehead atoms. The number of phenolic OH excluding ortho intramolecular Hbond substituents is 1. The molecule has 6 heteroatoms. The zero-order chi connectivity index (χ0) is 18.7. The molecule has 0 aliphatic heterocycles. The first-order valence-electron chi connectivity index (χ1n) is 7.89. The lowest BCUT2D eigenvalue weighted by Gasteiger charge is -2.12. The standard InChI is InChI=1S/C20H17NO4S/c1-14(22)16-10-11-20(23)19(13-16)21-26(24,25)18-9-5-8-17(12-18)15-6-3-2-4-7-15/h2-13,21,23H,1H3. The predicted molar refractivity (Wildman–Crippen MR) is 101 cm³/mol. The Hall–Kier alpha value is -3.12. The third-order valence-corrected chi connectivity index (χ3v) is 5.26. The van der Waals surface area contributed by atoms with Gasteiger partial charge in [-0.3, -0.25) is 9.52 Å². The van der Waals surface area contributed by atoms with E-state index in [0.717, 1.165) is 11.1 Å². The molecule has 0 heterocycles. The molecule has 0 aliphatic rings. The fourth-order valence-corrected chi connectivity index (χ4v) is 3.62. The first-order chi connectivity index (χ1) is 12.4. The number of carbonyl (C=O) groups is 1. The van der Waals surface area contributed by atoms with Crippen LogP contribution in [-0.4, -0.2) is 19.3 Å². The average molecular weight is 367 g/mol. The van der Waals surface area contributed by atoms with Crippen molar-refractivity contribution in [1.82, 2.24) is 0 Å². The number of hydrogen-bond acceptors (Lipinski definition) is 4. The molecule has 0 unspecified atom stereocenters. The summed E-state index contributed by atoms with van der Waals surface area (Å²) in [5.74, 6) is -0.477. The molecular formula is C20H17NO4S. The van der Waals surface area contributed by atoms with Gasteiger partial charge in [0.25, 0.3) is 10.0 Å². The molecule has 0 amide bonds. The summed E-state index contributed by atoms with van der Waals surface area (Å²) < 4.78 is 27.8. The molecule has 0 saturated heterocycles. The minimum Gasteiger partial charge on any atom is -0.506 e. The van der Waals surface area contributed by atoms with Crippen LogP contribution >= 0.6 is 0 Å². The van der Waals surface area contributed by atoms with E-state index in [2.05, 4.69) is 4.72 Å². The largest absolute Gasteiger partial charge is 0.506 e. The second kappa shape index (κ2) is 7.01. The SMILES string of the molecule is CC(=O)c1ccc(O)c(NS(=O)(=O)c2cccc(-c3ccccc3)c2)c1. The molecule has 26 heavy (non-hydrogen) atoms. The van der Waals surface area contributed by atoms with Gasteiger partial charge in [-0.2, -0.15) is 0 Å². The molecule has 0 spiro atoms. The van der Waals surface area contributed by atoms with Crippen molar-refractivity contribution in [2.45, 2.75) is 11.8 Å². The van der Waals surface area contributed by atoms with Gasteiger partial charge in [0.15, 0.2) is 5.78 Å². The molecule has 0 atom stereocenters. The maximum absolute atomic E-state index is 12.7. The Bertz CT molecular complexity index is 1060. The minimum atomic E-state index is -3.93. The smallest absolute Gasteiger partial charge is 0.262 e. The fourth-order valence-electron chi connectivity index (χ4n) is 2.51. The molecule has 0 radical (unpaired) electrons. The van der Waals surface area contributed by atoms with Crippen molar-refractivity contribution in [3.8, 4) is 16.9 Å². The highest BCUT2D eigenvalue weighted by molar-refractivity contribution is 7.92. The van der Waals surface area contributed by atoms with Crippen LogP contribution in [0.1, 0.15) is 17.3 Å². The lowest BCUT2D eigenvalue weighted by atomic mass is 10.1. The van der Waals surface area contributed by atoms with Crippen LogP contribution in [0.5, 0.6) is 5.75 Å². The van der Waals surface area contributed by atoms with Crippen molar-refractivity contribution in [2.75, 3.05) is 4.72 Å². The molecule has 2 N–H and O–H groups in total. The number of ketones is 1. The van der Waals surface area contributed by atoms with Gasteiger partial charge < -0.3 is 5.11 Å². The molecule has 0 aliphatic carbocycles. The topological polar surface area (TPSA) is 83.5 Å². The van der Waals surface area contributed by atoms with E-state index in [0.29, 0.717) is 5.56 Å². The number of hydrogen-bond donors (Lipinski definition) is 2. The Morgan fingerprint density at radius 3 is 2.27 bits per heavy atom. The Labute approximate surface area is 152 Å². The van der Waals surface area contributed by atoms with Crippen molar-refractivity contribution in [2.24, 2.45) is 0 Å². The van der Waals surface area contributed by atoms with Crippen molar-refractivity contribution in [3.05, 3.63) is 78.4 Å². The van der Waals surface area contributed by atoms with Gasteiger partial charge >= 0.3 is 0 Å². The highest BCUT2D eigenvalue weighted by Gasteiger charge is 2.17. The molecule has 0 aromatic heterocycles. The van der Waals surface area contributed by atoms with Crippen LogP contribution in [0.25, 0.3) is 11.1 Å². The Morgan fingerprint density at radius 1 is 0.885 bits per heavy atom. The molecular weight excluding hydrogens is 350 g/mol. The number of nitrogens with one attached hydrogen (secondary N) is 1. The number of phenols is 1. The van der Waals surface area contributed by atoms with Gasteiger partial charge in [0, 0.05) is 5.56 Å². The van der Waals surface area contributed by atoms with E-state index in [9.17, 15) is 18.3 Å². The summed E-state index contributed by atoms with van der Waals surface area (Å²) in [5, 5.41) is 9.92. The van der Waals surface area contributed by atoms with E-state index in [1.165, 1.54) is 31.2 Å². The van der Waals surface area contributed by atoms with Crippen molar-refractivity contribution in [1.29, 1.82) is 0 Å². The zero-order valence-electron chi connectivity index (χ0n) is 14.0. The average Bonchev–Trinajstić information content (AvgIpc) is 2.64. The highest BCUT2D eigenvalue weighted by atomic mass is 32.2. The number of sulfonamides is 1. The number of benzene rings is 3. The van der Waals surface area contributed by atoms with Crippen molar-refractivity contribution >= 4 is 21.5 Å². The lowest BCUT2D eigenvalue weighted by molar-refractivity contribution is 0.101. The maximum atomic E-state index is 12.7. The monoisotopic (exact) mass is 367 g/mol. The van der Waals surface area contributed by atoms with Crippen molar-refractivity contribution in [3.63, 3.8) is 0 Å². The second-order valence-electron chi connectivity index (χ2n) is 5.79. The third-order valence-electron chi connectivity index (χ3n) is 3.90. The summed E-state index contributed by atoms with van der Waals surface area (Å²) in [6.45, 7) is 1.37. The number of Topliss-reactive ketones (excluding diaryl/α,β-unsaturated/α-hetero) is 1. The molecule has 132 valence electrons. The van der Waals surface area contributed by atoms with E-state index in [1.54, 1.807) is 12.1 Å². The van der Waals surface area contributed by atoms with Crippen LogP contribution in [0.4, 0.5) is 5.69 Å². The van der Waals surface area contributed by atoms with Crippen LogP contribution in [0.3, 0.4) is 0 Å². The van der Waals surface area contributed by atoms with E-state index in [4.69, 9.17) is 0 Å². The quantitative estimate of drug-likeness (QED) is 0.526. The number of aromatic hydroxyl groups is 1. The molecule has 0 saturated carbocycles. The normalized spacial score (nSPS) is 11.1. The fraction of sp³-hybridized carbons (Fsp3) is 0.0500. The zero-order valence-corrected chi connectivity index (χ0v) is 14.8. The van der Waals surface area contributed by atoms with Gasteiger partial charge in [-0.15, -0.1) is 0 Å². The van der Waals surface area contributed by atoms with Gasteiger partial charge in [-0.1, -0.05) is 42.5 Å². The van der Waals surface area contributed by atoms with E-state index in [1.807, 2.05) is 36.4 Å². The summed E-state index contributed by atoms with van der Waals surface area (Å²) in [4.78, 5) is 11.5. The number of carbonyl (C=O) groups excluding carboxylic acids is 1. The molecule has 3 aromatic rings.